The average molecular weight is 904 g/mol. The summed E-state index contributed by atoms with van der Waals surface area (Å²) < 4.78 is 11.2. The fourth-order valence-electron chi connectivity index (χ4n) is 7.88. The number of Topliss-reactive ketones (excluding diaryl/α,β-unsaturated/α-hetero) is 2. The number of alkyl carbamates (subject to hydrolysis) is 1. The van der Waals surface area contributed by atoms with E-state index >= 15 is 0 Å². The van der Waals surface area contributed by atoms with Gasteiger partial charge >= 0.3 is 6.09 Å². The summed E-state index contributed by atoms with van der Waals surface area (Å²) in [5, 5.41) is 8.27. The van der Waals surface area contributed by atoms with Crippen LogP contribution in [0.25, 0.3) is 0 Å². The number of ketones is 2. The number of piperidine rings is 1. The van der Waals surface area contributed by atoms with Crippen molar-refractivity contribution in [2.75, 3.05) is 52.1 Å². The molecule has 3 rings (SSSR count). The molecule has 12 nitrogen and oxygen atoms in total. The van der Waals surface area contributed by atoms with E-state index in [9.17, 15) is 24.0 Å². The largest absolute Gasteiger partial charge is 0.449 e. The van der Waals surface area contributed by atoms with Gasteiger partial charge in [0.1, 0.15) is 19.0 Å². The normalized spacial score (nSPS) is 17.4. The molecule has 1 aromatic carbocycles. The van der Waals surface area contributed by atoms with Crippen molar-refractivity contribution in [2.45, 2.75) is 130 Å². The number of likely N-dealkylation sites (tertiary alicyclic amines) is 1. The lowest BCUT2D eigenvalue weighted by atomic mass is 9.82. The predicted molar refractivity (Wildman–Crippen MR) is 250 cm³/mol. The molecule has 0 bridgehead atoms. The fraction of sp³-hybridized carbons (Fsp3) is 0.696. The van der Waals surface area contributed by atoms with Crippen LogP contribution in [-0.4, -0.2) is 114 Å². The minimum atomic E-state index is -0.626. The summed E-state index contributed by atoms with van der Waals surface area (Å²) in [6, 6.07) is 9.10. The van der Waals surface area contributed by atoms with Crippen LogP contribution in [0, 0.1) is 23.7 Å². The van der Waals surface area contributed by atoms with Gasteiger partial charge < -0.3 is 25.0 Å². The van der Waals surface area contributed by atoms with E-state index in [1.54, 1.807) is 27.0 Å². The second-order valence-corrected chi connectivity index (χ2v) is 20.5. The van der Waals surface area contributed by atoms with Gasteiger partial charge in [-0.1, -0.05) is 113 Å². The van der Waals surface area contributed by atoms with Crippen LogP contribution >= 0.6 is 32.9 Å². The molecule has 1 aliphatic heterocycles. The highest BCUT2D eigenvalue weighted by molar-refractivity contribution is 8.76. The Labute approximate surface area is 377 Å². The summed E-state index contributed by atoms with van der Waals surface area (Å²) in [5.74, 6) is -0.562. The second kappa shape index (κ2) is 27.9. The van der Waals surface area contributed by atoms with Crippen LogP contribution in [-0.2, 0) is 30.3 Å². The topological polar surface area (TPSA) is 147 Å². The Balaban J connectivity index is 1.76. The molecule has 2 N–H and O–H groups in total. The van der Waals surface area contributed by atoms with Gasteiger partial charge in [-0.15, -0.1) is 11.3 Å². The van der Waals surface area contributed by atoms with E-state index in [-0.39, 0.29) is 85.6 Å². The molecule has 2 heterocycles. The summed E-state index contributed by atoms with van der Waals surface area (Å²) in [7, 11) is 5.19. The number of hydrogen-bond donors (Lipinski definition) is 2. The monoisotopic (exact) mass is 903 g/mol. The van der Waals surface area contributed by atoms with Crippen LogP contribution in [0.15, 0.2) is 35.7 Å². The molecule has 15 heteroatoms. The number of ether oxygens (including phenoxy) is 2. The smallest absolute Gasteiger partial charge is 0.407 e. The standard InChI is InChI=1S/C46H73N5O7S3/c1-10-21-57-30-51(45(55)37(32(5)11-2)27-41(52)39-19-15-16-20-50(39)8)40(31(3)4)25-34(7)44-49-38(29-60-44)43(54)48-36(26-35-17-13-12-14-18-35)24-33(6)42(53)28-47-46(56)58-22-23-61-59-9/h12-14,17-18,29,31-34,36-37,39-40H,10-11,15-16,19-28,30H2,1-9H3,(H,47,56)(H,48,54)/t32?,33-,34+,36+,37-,39+,40?/m0/s1. The van der Waals surface area contributed by atoms with Crippen LogP contribution in [0.1, 0.15) is 127 Å². The Bertz CT molecular complexity index is 1650. The van der Waals surface area contributed by atoms with Crippen LogP contribution in [0.2, 0.25) is 0 Å². The fourth-order valence-corrected chi connectivity index (χ4v) is 9.77. The molecule has 342 valence electrons. The quantitative estimate of drug-likeness (QED) is 0.0481. The number of amides is 3. The van der Waals surface area contributed by atoms with E-state index in [2.05, 4.69) is 50.2 Å². The van der Waals surface area contributed by atoms with Crippen molar-refractivity contribution in [3.8, 4) is 0 Å². The lowest BCUT2D eigenvalue weighted by Gasteiger charge is -2.39. The van der Waals surface area contributed by atoms with Crippen molar-refractivity contribution in [1.82, 2.24) is 25.4 Å². The summed E-state index contributed by atoms with van der Waals surface area (Å²) in [6.07, 6.45) is 7.60. The third-order valence-electron chi connectivity index (χ3n) is 11.8. The number of nitrogens with one attached hydrogen (secondary N) is 2. The minimum Gasteiger partial charge on any atom is -0.449 e. The predicted octanol–water partition coefficient (Wildman–Crippen LogP) is 8.65. The van der Waals surface area contributed by atoms with Crippen molar-refractivity contribution in [1.29, 1.82) is 0 Å². The van der Waals surface area contributed by atoms with E-state index in [1.807, 2.05) is 62.4 Å². The third-order valence-corrected chi connectivity index (χ3v) is 14.6. The third kappa shape index (κ3) is 17.6. The number of benzene rings is 1. The first-order chi connectivity index (χ1) is 29.2. The van der Waals surface area contributed by atoms with E-state index < -0.39 is 17.9 Å². The Hall–Kier alpha value is -2.98. The summed E-state index contributed by atoms with van der Waals surface area (Å²) in [6.45, 7) is 16.0. The van der Waals surface area contributed by atoms with Gasteiger partial charge in [0.2, 0.25) is 5.91 Å². The molecule has 0 radical (unpaired) electrons. The Kier molecular flexibility index (Phi) is 24.0. The van der Waals surface area contributed by atoms with Crippen molar-refractivity contribution in [3.05, 3.63) is 52.0 Å². The highest BCUT2D eigenvalue weighted by Gasteiger charge is 2.38. The number of likely N-dealkylation sites (N-methyl/N-ethyl adjacent to an activating group) is 1. The first-order valence-corrected chi connectivity index (χ1v) is 25.8. The number of nitrogens with zero attached hydrogens (tertiary/aromatic N) is 3. The molecule has 1 aliphatic rings. The van der Waals surface area contributed by atoms with Crippen molar-refractivity contribution in [3.63, 3.8) is 0 Å². The van der Waals surface area contributed by atoms with Gasteiger partial charge in [-0.05, 0) is 75.8 Å². The first kappa shape index (κ1) is 52.4. The lowest BCUT2D eigenvalue weighted by Crippen LogP contribution is -2.50. The molecule has 1 aromatic heterocycles. The van der Waals surface area contributed by atoms with Crippen molar-refractivity contribution in [2.24, 2.45) is 23.7 Å². The first-order valence-electron chi connectivity index (χ1n) is 22.2. The highest BCUT2D eigenvalue weighted by Crippen LogP contribution is 2.32. The molecule has 2 unspecified atom stereocenters. The van der Waals surface area contributed by atoms with E-state index in [0.29, 0.717) is 37.3 Å². The van der Waals surface area contributed by atoms with Gasteiger partial charge in [-0.25, -0.2) is 9.78 Å². The second-order valence-electron chi connectivity index (χ2n) is 17.0. The van der Waals surface area contributed by atoms with Crippen LogP contribution in [0.5, 0.6) is 0 Å². The Morgan fingerprint density at radius 2 is 1.75 bits per heavy atom. The molecular weight excluding hydrogens is 831 g/mol. The van der Waals surface area contributed by atoms with E-state index in [0.717, 1.165) is 49.2 Å². The molecule has 61 heavy (non-hydrogen) atoms. The highest BCUT2D eigenvalue weighted by atomic mass is 33.1. The SMILES string of the molecule is CCCOCN(C(=O)[C@@H](CC(=O)[C@H]1CCCCN1C)C(C)CC)C(C[C@@H](C)c1nc(C(=O)N[C@@H](Cc2ccccc2)C[C@H](C)C(=O)CNC(=O)OCCSSC)cs1)C(C)C. The zero-order valence-corrected chi connectivity index (χ0v) is 40.6. The molecule has 0 spiro atoms. The zero-order valence-electron chi connectivity index (χ0n) is 38.1. The van der Waals surface area contributed by atoms with Crippen LogP contribution < -0.4 is 10.6 Å². The Morgan fingerprint density at radius 1 is 1.02 bits per heavy atom. The summed E-state index contributed by atoms with van der Waals surface area (Å²) in [4.78, 5) is 76.4. The zero-order chi connectivity index (χ0) is 44.9. The van der Waals surface area contributed by atoms with Gasteiger partial charge in [0.25, 0.3) is 5.91 Å². The number of aromatic nitrogens is 1. The summed E-state index contributed by atoms with van der Waals surface area (Å²) >= 11 is 1.42. The van der Waals surface area contributed by atoms with E-state index in [4.69, 9.17) is 14.5 Å². The molecule has 3 amide bonds. The maximum Gasteiger partial charge on any atom is 0.407 e. The average Bonchev–Trinajstić information content (AvgIpc) is 3.75. The van der Waals surface area contributed by atoms with Gasteiger partial charge in [-0.3, -0.25) is 24.1 Å². The van der Waals surface area contributed by atoms with E-state index in [1.165, 1.54) is 11.3 Å². The van der Waals surface area contributed by atoms with Crippen molar-refractivity contribution < 1.29 is 33.4 Å². The molecule has 1 fully saturated rings. The molecule has 0 aliphatic carbocycles. The lowest BCUT2D eigenvalue weighted by molar-refractivity contribution is -0.150. The molecule has 0 saturated carbocycles. The number of carbonyl (C=O) groups is 5. The van der Waals surface area contributed by atoms with Gasteiger partial charge in [0.05, 0.1) is 17.6 Å². The maximum atomic E-state index is 14.7. The van der Waals surface area contributed by atoms with Gasteiger partial charge in [-0.2, -0.15) is 0 Å². The van der Waals surface area contributed by atoms with Crippen LogP contribution in [0.3, 0.4) is 0 Å². The maximum absolute atomic E-state index is 14.7. The minimum absolute atomic E-state index is 0.0235. The summed E-state index contributed by atoms with van der Waals surface area (Å²) in [5.41, 5.74) is 1.32. The number of carbonyl (C=O) groups excluding carboxylic acids is 5. The molecular formula is C46H73N5O7S3. The Morgan fingerprint density at radius 3 is 2.41 bits per heavy atom. The molecule has 2 aromatic rings. The number of rotatable bonds is 28. The van der Waals surface area contributed by atoms with Gasteiger partial charge in [0, 0.05) is 54.0 Å². The molecule has 7 atom stereocenters. The number of thiazole rings is 1. The van der Waals surface area contributed by atoms with Crippen LogP contribution in [0.4, 0.5) is 4.79 Å². The number of hydrogen-bond acceptors (Lipinski definition) is 12. The van der Waals surface area contributed by atoms with Gasteiger partial charge in [0.15, 0.2) is 11.6 Å². The molecule has 1 saturated heterocycles. The van der Waals surface area contributed by atoms with Crippen molar-refractivity contribution >= 4 is 62.4 Å².